The number of benzene rings is 1. The zero-order valence-corrected chi connectivity index (χ0v) is 15.1. The zero-order chi connectivity index (χ0) is 17.6. The fourth-order valence-electron chi connectivity index (χ4n) is 4.57. The highest BCUT2D eigenvalue weighted by atomic mass is 16.5. The van der Waals surface area contributed by atoms with Crippen LogP contribution in [-0.2, 0) is 5.60 Å². The highest BCUT2D eigenvalue weighted by Crippen LogP contribution is 2.47. The Morgan fingerprint density at radius 1 is 1.08 bits per heavy atom. The molecule has 0 radical (unpaired) electrons. The van der Waals surface area contributed by atoms with Gasteiger partial charge in [-0.05, 0) is 44.4 Å². The molecule has 5 heteroatoms. The van der Waals surface area contributed by atoms with Crippen molar-refractivity contribution in [3.63, 3.8) is 0 Å². The number of ether oxygens (including phenoxy) is 1. The molecule has 2 atom stereocenters. The van der Waals surface area contributed by atoms with Gasteiger partial charge < -0.3 is 14.7 Å². The van der Waals surface area contributed by atoms with Crippen molar-refractivity contribution in [2.45, 2.75) is 57.2 Å². The molecule has 2 unspecified atom stereocenters. The number of piperidine rings is 1. The van der Waals surface area contributed by atoms with Gasteiger partial charge in [0.15, 0.2) is 0 Å². The van der Waals surface area contributed by atoms with Gasteiger partial charge in [0, 0.05) is 36.7 Å². The fourth-order valence-corrected chi connectivity index (χ4v) is 4.57. The lowest BCUT2D eigenvalue weighted by Gasteiger charge is -2.44. The van der Waals surface area contributed by atoms with E-state index in [0.717, 1.165) is 54.3 Å². The van der Waals surface area contributed by atoms with Crippen LogP contribution in [-0.4, -0.2) is 34.3 Å². The standard InChI is InChI=1S/C20H25N3O2/c1-13-10-19(22-14(2)21-13)23-16-6-7-17(23)12-20(24,11-16)15-4-8-18(25-3)9-5-15/h4-5,8-10,16-17,24H,6-7,11-12H2,1-3H3. The maximum atomic E-state index is 11.4. The van der Waals surface area contributed by atoms with Crippen LogP contribution in [0.2, 0.25) is 0 Å². The van der Waals surface area contributed by atoms with Crippen LogP contribution in [0.3, 0.4) is 0 Å². The van der Waals surface area contributed by atoms with Crippen LogP contribution in [0.5, 0.6) is 5.75 Å². The molecule has 0 amide bonds. The van der Waals surface area contributed by atoms with E-state index < -0.39 is 5.60 Å². The van der Waals surface area contributed by atoms with Gasteiger partial charge in [0.25, 0.3) is 0 Å². The highest BCUT2D eigenvalue weighted by molar-refractivity contribution is 5.46. The molecule has 2 aliphatic rings. The average Bonchev–Trinajstić information content (AvgIpc) is 2.86. The lowest BCUT2D eigenvalue weighted by molar-refractivity contribution is -0.00322. The summed E-state index contributed by atoms with van der Waals surface area (Å²) < 4.78 is 5.24. The third-order valence-electron chi connectivity index (χ3n) is 5.61. The molecule has 1 aromatic heterocycles. The minimum absolute atomic E-state index is 0.319. The summed E-state index contributed by atoms with van der Waals surface area (Å²) in [6, 6.07) is 10.5. The smallest absolute Gasteiger partial charge is 0.133 e. The molecule has 1 aromatic carbocycles. The SMILES string of the molecule is COc1ccc(C2(O)CC3CCC(C2)N3c2cc(C)nc(C)n2)cc1. The predicted octanol–water partition coefficient (Wildman–Crippen LogP) is 3.12. The van der Waals surface area contributed by atoms with E-state index in [2.05, 4.69) is 20.9 Å². The van der Waals surface area contributed by atoms with E-state index in [1.807, 2.05) is 38.1 Å². The number of aromatic nitrogens is 2. The van der Waals surface area contributed by atoms with Crippen LogP contribution in [0.1, 0.15) is 42.8 Å². The Morgan fingerprint density at radius 2 is 1.72 bits per heavy atom. The van der Waals surface area contributed by atoms with Gasteiger partial charge in [0.2, 0.25) is 0 Å². The third-order valence-corrected chi connectivity index (χ3v) is 5.61. The predicted molar refractivity (Wildman–Crippen MR) is 96.9 cm³/mol. The summed E-state index contributed by atoms with van der Waals surface area (Å²) in [5, 5.41) is 11.4. The van der Waals surface area contributed by atoms with Gasteiger partial charge in [0.1, 0.15) is 17.4 Å². The van der Waals surface area contributed by atoms with Gasteiger partial charge in [-0.1, -0.05) is 12.1 Å². The Labute approximate surface area is 148 Å². The minimum atomic E-state index is -0.772. The lowest BCUT2D eigenvalue weighted by Crippen LogP contribution is -2.50. The molecule has 0 spiro atoms. The number of aliphatic hydroxyl groups is 1. The van der Waals surface area contributed by atoms with Crippen LogP contribution < -0.4 is 9.64 Å². The normalized spacial score (nSPS) is 28.2. The van der Waals surface area contributed by atoms with Crippen LogP contribution >= 0.6 is 0 Å². The summed E-state index contributed by atoms with van der Waals surface area (Å²) in [5.74, 6) is 2.64. The van der Waals surface area contributed by atoms with Crippen LogP contribution in [0.15, 0.2) is 30.3 Å². The van der Waals surface area contributed by atoms with Crippen molar-refractivity contribution in [2.24, 2.45) is 0 Å². The number of aryl methyl sites for hydroxylation is 2. The fraction of sp³-hybridized carbons (Fsp3) is 0.500. The number of hydrogen-bond donors (Lipinski definition) is 1. The maximum absolute atomic E-state index is 11.4. The second-order valence-corrected chi connectivity index (χ2v) is 7.38. The summed E-state index contributed by atoms with van der Waals surface area (Å²) in [4.78, 5) is 11.5. The summed E-state index contributed by atoms with van der Waals surface area (Å²) in [6.07, 6.45) is 3.67. The number of fused-ring (bicyclic) bond motifs is 2. The van der Waals surface area contributed by atoms with Crippen molar-refractivity contribution >= 4 is 5.82 Å². The molecule has 2 aliphatic heterocycles. The number of methoxy groups -OCH3 is 1. The number of anilines is 1. The summed E-state index contributed by atoms with van der Waals surface area (Å²) in [6.45, 7) is 3.95. The second-order valence-electron chi connectivity index (χ2n) is 7.38. The van der Waals surface area contributed by atoms with Gasteiger partial charge in [-0.2, -0.15) is 0 Å². The number of rotatable bonds is 3. The quantitative estimate of drug-likeness (QED) is 0.931. The largest absolute Gasteiger partial charge is 0.497 e. The molecule has 2 bridgehead atoms. The molecule has 0 saturated carbocycles. The van der Waals surface area contributed by atoms with Gasteiger partial charge in [-0.3, -0.25) is 0 Å². The molecular weight excluding hydrogens is 314 g/mol. The van der Waals surface area contributed by atoms with Gasteiger partial charge in [-0.15, -0.1) is 0 Å². The summed E-state index contributed by atoms with van der Waals surface area (Å²) in [7, 11) is 1.66. The van der Waals surface area contributed by atoms with E-state index in [9.17, 15) is 5.11 Å². The molecule has 1 N–H and O–H groups in total. The summed E-state index contributed by atoms with van der Waals surface area (Å²) >= 11 is 0. The number of nitrogens with zero attached hydrogens (tertiary/aromatic N) is 3. The van der Waals surface area contributed by atoms with Crippen molar-refractivity contribution in [1.29, 1.82) is 0 Å². The van der Waals surface area contributed by atoms with Crippen molar-refractivity contribution in [2.75, 3.05) is 12.0 Å². The van der Waals surface area contributed by atoms with Crippen LogP contribution in [0, 0.1) is 13.8 Å². The van der Waals surface area contributed by atoms with Gasteiger partial charge >= 0.3 is 0 Å². The Kier molecular flexibility index (Phi) is 3.91. The molecular formula is C20H25N3O2. The Hall–Kier alpha value is -2.14. The first kappa shape index (κ1) is 16.3. The minimum Gasteiger partial charge on any atom is -0.497 e. The first-order valence-corrected chi connectivity index (χ1v) is 8.96. The highest BCUT2D eigenvalue weighted by Gasteiger charge is 2.48. The summed E-state index contributed by atoms with van der Waals surface area (Å²) in [5.41, 5.74) is 1.21. The van der Waals surface area contributed by atoms with E-state index in [1.54, 1.807) is 7.11 Å². The third kappa shape index (κ3) is 2.86. The topological polar surface area (TPSA) is 58.5 Å². The van der Waals surface area contributed by atoms with E-state index in [-0.39, 0.29) is 0 Å². The van der Waals surface area contributed by atoms with Gasteiger partial charge in [-0.25, -0.2) is 9.97 Å². The first-order valence-electron chi connectivity index (χ1n) is 8.96. The molecule has 4 rings (SSSR count). The van der Waals surface area contributed by atoms with E-state index in [4.69, 9.17) is 4.74 Å². The molecule has 5 nitrogen and oxygen atoms in total. The first-order chi connectivity index (χ1) is 12.0. The Bertz CT molecular complexity index is 741. The second kappa shape index (κ2) is 5.99. The monoisotopic (exact) mass is 339 g/mol. The van der Waals surface area contributed by atoms with Crippen molar-refractivity contribution < 1.29 is 9.84 Å². The van der Waals surface area contributed by atoms with Crippen molar-refractivity contribution in [1.82, 2.24) is 9.97 Å². The van der Waals surface area contributed by atoms with E-state index >= 15 is 0 Å². The molecule has 2 fully saturated rings. The molecule has 2 saturated heterocycles. The molecule has 25 heavy (non-hydrogen) atoms. The lowest BCUT2D eigenvalue weighted by atomic mass is 9.80. The molecule has 3 heterocycles. The van der Waals surface area contributed by atoms with Crippen molar-refractivity contribution in [3.8, 4) is 5.75 Å². The van der Waals surface area contributed by atoms with Crippen molar-refractivity contribution in [3.05, 3.63) is 47.4 Å². The van der Waals surface area contributed by atoms with E-state index in [0.29, 0.717) is 12.1 Å². The van der Waals surface area contributed by atoms with Crippen LogP contribution in [0.4, 0.5) is 5.82 Å². The van der Waals surface area contributed by atoms with Crippen LogP contribution in [0.25, 0.3) is 0 Å². The molecule has 132 valence electrons. The molecule has 2 aromatic rings. The maximum Gasteiger partial charge on any atom is 0.133 e. The Balaban J connectivity index is 1.62. The average molecular weight is 339 g/mol. The zero-order valence-electron chi connectivity index (χ0n) is 15.1. The molecule has 0 aliphatic carbocycles. The number of hydrogen-bond acceptors (Lipinski definition) is 5. The van der Waals surface area contributed by atoms with E-state index in [1.165, 1.54) is 0 Å². The van der Waals surface area contributed by atoms with Gasteiger partial charge in [0.05, 0.1) is 12.7 Å². The Morgan fingerprint density at radius 3 is 2.28 bits per heavy atom.